The molecule has 2 aromatic rings. The van der Waals surface area contributed by atoms with Crippen molar-refractivity contribution in [3.8, 4) is 0 Å². The fourth-order valence-electron chi connectivity index (χ4n) is 3.90. The van der Waals surface area contributed by atoms with E-state index in [9.17, 15) is 4.79 Å². The van der Waals surface area contributed by atoms with Crippen LogP contribution < -0.4 is 10.2 Å². The highest BCUT2D eigenvalue weighted by Gasteiger charge is 2.42. The van der Waals surface area contributed by atoms with E-state index in [0.717, 1.165) is 31.5 Å². The number of nitrogens with one attached hydrogen (secondary N) is 1. The molecule has 0 spiro atoms. The zero-order chi connectivity index (χ0) is 19.6. The Hall–Kier alpha value is -2.37. The molecule has 2 aliphatic rings. The second kappa shape index (κ2) is 7.94. The number of rotatable bonds is 5. The van der Waals surface area contributed by atoms with E-state index in [1.54, 1.807) is 12.1 Å². The summed E-state index contributed by atoms with van der Waals surface area (Å²) in [4.78, 5) is 13.7. The van der Waals surface area contributed by atoms with Crippen molar-refractivity contribution in [2.45, 2.75) is 18.5 Å². The zero-order valence-corrected chi connectivity index (χ0v) is 16.7. The molecule has 1 amide bonds. The largest absolute Gasteiger partial charge is 0.372 e. The predicted molar refractivity (Wildman–Crippen MR) is 113 cm³/mol. The van der Waals surface area contributed by atoms with Crippen molar-refractivity contribution in [2.75, 3.05) is 18.0 Å². The Morgan fingerprint density at radius 2 is 1.82 bits per heavy atom. The van der Waals surface area contributed by atoms with Crippen LogP contribution in [0.2, 0.25) is 10.0 Å². The van der Waals surface area contributed by atoms with Gasteiger partial charge >= 0.3 is 0 Å². The number of carbonyl (C=O) groups is 1. The SMILES string of the molecule is O=CNC1(C2CCN(c3ccccc3)CC2)C=C(c2ccc(Cl)c(Cl)c2)N=N1. The van der Waals surface area contributed by atoms with Gasteiger partial charge in [-0.1, -0.05) is 47.5 Å². The van der Waals surface area contributed by atoms with E-state index in [4.69, 9.17) is 23.2 Å². The predicted octanol–water partition coefficient (Wildman–Crippen LogP) is 5.16. The smallest absolute Gasteiger partial charge is 0.209 e. The maximum absolute atomic E-state index is 11.3. The average Bonchev–Trinajstić information content (AvgIpc) is 3.16. The summed E-state index contributed by atoms with van der Waals surface area (Å²) >= 11 is 12.1. The van der Waals surface area contributed by atoms with Crippen molar-refractivity contribution in [1.82, 2.24) is 5.32 Å². The van der Waals surface area contributed by atoms with Crippen LogP contribution in [-0.4, -0.2) is 25.2 Å². The number of para-hydroxylation sites is 1. The second-order valence-corrected chi connectivity index (χ2v) is 7.86. The molecule has 1 saturated heterocycles. The third kappa shape index (κ3) is 3.64. The highest BCUT2D eigenvalue weighted by atomic mass is 35.5. The average molecular weight is 415 g/mol. The molecule has 0 aliphatic carbocycles. The van der Waals surface area contributed by atoms with Crippen LogP contribution in [0.3, 0.4) is 0 Å². The summed E-state index contributed by atoms with van der Waals surface area (Å²) in [6.45, 7) is 1.81. The number of amides is 1. The molecule has 28 heavy (non-hydrogen) atoms. The molecule has 1 unspecified atom stereocenters. The Bertz CT molecular complexity index is 923. The van der Waals surface area contributed by atoms with E-state index in [1.165, 1.54) is 5.69 Å². The van der Waals surface area contributed by atoms with Gasteiger partial charge in [0, 0.05) is 30.3 Å². The quantitative estimate of drug-likeness (QED) is 0.686. The Kier molecular flexibility index (Phi) is 5.38. The summed E-state index contributed by atoms with van der Waals surface area (Å²) in [5.74, 6) is 0.168. The first-order valence-corrected chi connectivity index (χ1v) is 9.99. The molecule has 0 radical (unpaired) electrons. The fourth-order valence-corrected chi connectivity index (χ4v) is 4.20. The standard InChI is InChI=1S/C21H20Cl2N4O/c22-18-7-6-15(12-19(18)23)20-13-21(24-14-28,26-25-20)16-8-10-27(11-9-16)17-4-2-1-3-5-17/h1-7,12-14,16H,8-11H2,(H,24,28). The molecule has 2 aliphatic heterocycles. The number of hydrogen-bond acceptors (Lipinski definition) is 4. The molecule has 0 aromatic heterocycles. The van der Waals surface area contributed by atoms with Gasteiger partial charge in [0.1, 0.15) is 0 Å². The molecule has 2 heterocycles. The Morgan fingerprint density at radius 3 is 2.50 bits per heavy atom. The van der Waals surface area contributed by atoms with Crippen LogP contribution in [0.1, 0.15) is 18.4 Å². The van der Waals surface area contributed by atoms with E-state index in [2.05, 4.69) is 32.6 Å². The number of anilines is 1. The summed E-state index contributed by atoms with van der Waals surface area (Å²) < 4.78 is 0. The molecule has 4 rings (SSSR count). The van der Waals surface area contributed by atoms with Gasteiger partial charge in [-0.3, -0.25) is 4.79 Å². The van der Waals surface area contributed by atoms with Crippen LogP contribution in [0.15, 0.2) is 64.8 Å². The van der Waals surface area contributed by atoms with E-state index in [1.807, 2.05) is 30.3 Å². The number of carbonyl (C=O) groups excluding carboxylic acids is 1. The van der Waals surface area contributed by atoms with E-state index >= 15 is 0 Å². The van der Waals surface area contributed by atoms with Gasteiger partial charge in [0.2, 0.25) is 6.41 Å². The minimum atomic E-state index is -0.814. The number of hydrogen-bond donors (Lipinski definition) is 1. The van der Waals surface area contributed by atoms with Crippen molar-refractivity contribution in [2.24, 2.45) is 16.1 Å². The molecular formula is C21H20Cl2N4O. The van der Waals surface area contributed by atoms with Crippen LogP contribution in [0.5, 0.6) is 0 Å². The minimum absolute atomic E-state index is 0.168. The lowest BCUT2D eigenvalue weighted by molar-refractivity contribution is -0.111. The lowest BCUT2D eigenvalue weighted by Crippen LogP contribution is -2.50. The summed E-state index contributed by atoms with van der Waals surface area (Å²) in [5.41, 5.74) is 1.93. The minimum Gasteiger partial charge on any atom is -0.372 e. The second-order valence-electron chi connectivity index (χ2n) is 7.04. The van der Waals surface area contributed by atoms with Gasteiger partial charge < -0.3 is 10.2 Å². The maximum atomic E-state index is 11.3. The Labute approximate surface area is 174 Å². The van der Waals surface area contributed by atoms with Gasteiger partial charge in [0.25, 0.3) is 0 Å². The van der Waals surface area contributed by atoms with E-state index in [0.29, 0.717) is 22.2 Å². The van der Waals surface area contributed by atoms with Gasteiger partial charge in [-0.15, -0.1) is 0 Å². The first-order valence-electron chi connectivity index (χ1n) is 9.24. The van der Waals surface area contributed by atoms with Crippen LogP contribution in [0.25, 0.3) is 5.70 Å². The van der Waals surface area contributed by atoms with Crippen molar-refractivity contribution in [1.29, 1.82) is 0 Å². The molecule has 2 aromatic carbocycles. The van der Waals surface area contributed by atoms with Crippen LogP contribution in [-0.2, 0) is 4.79 Å². The van der Waals surface area contributed by atoms with Crippen molar-refractivity contribution < 1.29 is 4.79 Å². The van der Waals surface area contributed by atoms with Gasteiger partial charge in [0.05, 0.1) is 15.7 Å². The molecule has 0 saturated carbocycles. The first kappa shape index (κ1) is 19.0. The third-order valence-corrected chi connectivity index (χ3v) is 6.16. The van der Waals surface area contributed by atoms with Gasteiger partial charge in [0.15, 0.2) is 5.66 Å². The topological polar surface area (TPSA) is 57.1 Å². The molecule has 0 bridgehead atoms. The summed E-state index contributed by atoms with van der Waals surface area (Å²) in [6.07, 6.45) is 4.44. The van der Waals surface area contributed by atoms with Gasteiger partial charge in [-0.05, 0) is 43.2 Å². The molecule has 144 valence electrons. The Morgan fingerprint density at radius 1 is 1.07 bits per heavy atom. The zero-order valence-electron chi connectivity index (χ0n) is 15.2. The fraction of sp³-hybridized carbons (Fsp3) is 0.286. The number of azo groups is 1. The summed E-state index contributed by atoms with van der Waals surface area (Å²) in [7, 11) is 0. The van der Waals surface area contributed by atoms with E-state index < -0.39 is 5.66 Å². The molecule has 5 nitrogen and oxygen atoms in total. The highest BCUT2D eigenvalue weighted by Crippen LogP contribution is 2.39. The van der Waals surface area contributed by atoms with Crippen LogP contribution in [0.4, 0.5) is 5.69 Å². The normalized spacial score (nSPS) is 22.2. The van der Waals surface area contributed by atoms with Gasteiger partial charge in [-0.2, -0.15) is 10.2 Å². The number of piperidine rings is 1. The Balaban J connectivity index is 1.54. The van der Waals surface area contributed by atoms with Crippen LogP contribution >= 0.6 is 23.2 Å². The van der Waals surface area contributed by atoms with E-state index in [-0.39, 0.29) is 5.92 Å². The lowest BCUT2D eigenvalue weighted by Gasteiger charge is -2.39. The molecular weight excluding hydrogens is 395 g/mol. The third-order valence-electron chi connectivity index (χ3n) is 5.42. The van der Waals surface area contributed by atoms with Crippen molar-refractivity contribution in [3.63, 3.8) is 0 Å². The van der Waals surface area contributed by atoms with Crippen molar-refractivity contribution >= 4 is 41.0 Å². The summed E-state index contributed by atoms with van der Waals surface area (Å²) in [5, 5.41) is 12.7. The molecule has 1 atom stereocenters. The number of nitrogens with zero attached hydrogens (tertiary/aromatic N) is 3. The highest BCUT2D eigenvalue weighted by molar-refractivity contribution is 6.42. The molecule has 7 heteroatoms. The maximum Gasteiger partial charge on any atom is 0.209 e. The number of halogens is 2. The van der Waals surface area contributed by atoms with Crippen molar-refractivity contribution in [3.05, 3.63) is 70.2 Å². The first-order chi connectivity index (χ1) is 13.6. The van der Waals surface area contributed by atoms with Crippen LogP contribution in [0, 0.1) is 5.92 Å². The lowest BCUT2D eigenvalue weighted by atomic mass is 9.83. The molecule has 1 fully saturated rings. The molecule has 1 N–H and O–H groups in total. The van der Waals surface area contributed by atoms with Gasteiger partial charge in [-0.25, -0.2) is 0 Å². The summed E-state index contributed by atoms with van der Waals surface area (Å²) in [6, 6.07) is 15.7. The monoisotopic (exact) mass is 414 g/mol. The number of benzene rings is 2.